The molecule has 2 aromatic rings. The smallest absolute Gasteiger partial charge is 0.238 e. The standard InChI is InChI=1S/C21H27N3O4/c1-4-24(14-20(25)22-16-9-8-10-17(13-16)27-3)15-21(26)23-18-11-6-7-12-19(18)28-5-2/h6-13H,4-5,14-15H2,1-3H3,(H,22,25)(H,23,26). The number of carbonyl (C=O) groups excluding carboxylic acids is 2. The first-order valence-corrected chi connectivity index (χ1v) is 9.23. The lowest BCUT2D eigenvalue weighted by Gasteiger charge is -2.20. The fourth-order valence-electron chi connectivity index (χ4n) is 2.63. The van der Waals surface area contributed by atoms with Gasteiger partial charge in [-0.25, -0.2) is 0 Å². The number of hydrogen-bond acceptors (Lipinski definition) is 5. The number of ether oxygens (including phenoxy) is 2. The average Bonchev–Trinajstić information content (AvgIpc) is 2.69. The molecule has 0 aliphatic carbocycles. The fraction of sp³-hybridized carbons (Fsp3) is 0.333. The van der Waals surface area contributed by atoms with Gasteiger partial charge in [-0.15, -0.1) is 0 Å². The number of benzene rings is 2. The maximum atomic E-state index is 12.4. The van der Waals surface area contributed by atoms with Crippen LogP contribution >= 0.6 is 0 Å². The molecule has 0 aromatic heterocycles. The molecule has 2 aromatic carbocycles. The molecule has 0 atom stereocenters. The van der Waals surface area contributed by atoms with Crippen LogP contribution < -0.4 is 20.1 Å². The molecule has 28 heavy (non-hydrogen) atoms. The highest BCUT2D eigenvalue weighted by atomic mass is 16.5. The fourth-order valence-corrected chi connectivity index (χ4v) is 2.63. The second-order valence-electron chi connectivity index (χ2n) is 6.06. The second-order valence-corrected chi connectivity index (χ2v) is 6.06. The lowest BCUT2D eigenvalue weighted by molar-refractivity contribution is -0.119. The van der Waals surface area contributed by atoms with Gasteiger partial charge in [0.25, 0.3) is 0 Å². The van der Waals surface area contributed by atoms with Gasteiger partial charge in [-0.05, 0) is 37.7 Å². The normalized spacial score (nSPS) is 10.4. The van der Waals surface area contributed by atoms with Crippen molar-refractivity contribution < 1.29 is 19.1 Å². The van der Waals surface area contributed by atoms with Crippen LogP contribution in [0, 0.1) is 0 Å². The first-order valence-electron chi connectivity index (χ1n) is 9.23. The minimum absolute atomic E-state index is 0.0997. The van der Waals surface area contributed by atoms with Gasteiger partial charge >= 0.3 is 0 Å². The second kappa shape index (κ2) is 10.9. The molecular formula is C21H27N3O4. The van der Waals surface area contributed by atoms with Crippen molar-refractivity contribution in [1.29, 1.82) is 0 Å². The van der Waals surface area contributed by atoms with E-state index in [0.717, 1.165) is 0 Å². The molecule has 150 valence electrons. The van der Waals surface area contributed by atoms with E-state index in [1.54, 1.807) is 48.4 Å². The molecule has 0 saturated heterocycles. The monoisotopic (exact) mass is 385 g/mol. The van der Waals surface area contributed by atoms with Gasteiger partial charge in [-0.2, -0.15) is 0 Å². The maximum absolute atomic E-state index is 12.4. The van der Waals surface area contributed by atoms with Crippen molar-refractivity contribution in [2.75, 3.05) is 44.0 Å². The Morgan fingerprint density at radius 2 is 1.68 bits per heavy atom. The number of para-hydroxylation sites is 2. The van der Waals surface area contributed by atoms with Crippen LogP contribution in [0.3, 0.4) is 0 Å². The van der Waals surface area contributed by atoms with Crippen LogP contribution in [0.5, 0.6) is 11.5 Å². The molecule has 0 fully saturated rings. The highest BCUT2D eigenvalue weighted by Crippen LogP contribution is 2.23. The number of methoxy groups -OCH3 is 1. The number of hydrogen-bond donors (Lipinski definition) is 2. The SMILES string of the molecule is CCOc1ccccc1NC(=O)CN(CC)CC(=O)Nc1cccc(OC)c1. The maximum Gasteiger partial charge on any atom is 0.238 e. The van der Waals surface area contributed by atoms with Crippen LogP contribution in [-0.2, 0) is 9.59 Å². The molecule has 7 nitrogen and oxygen atoms in total. The quantitative estimate of drug-likeness (QED) is 0.657. The summed E-state index contributed by atoms with van der Waals surface area (Å²) >= 11 is 0. The van der Waals surface area contributed by atoms with E-state index in [0.29, 0.717) is 36.0 Å². The van der Waals surface area contributed by atoms with E-state index in [4.69, 9.17) is 9.47 Å². The Kier molecular flexibility index (Phi) is 8.30. The molecule has 7 heteroatoms. The van der Waals surface area contributed by atoms with Gasteiger partial charge < -0.3 is 20.1 Å². The van der Waals surface area contributed by atoms with Crippen molar-refractivity contribution in [1.82, 2.24) is 4.90 Å². The Morgan fingerprint density at radius 1 is 0.964 bits per heavy atom. The van der Waals surface area contributed by atoms with E-state index in [1.807, 2.05) is 26.0 Å². The number of amides is 2. The number of likely N-dealkylation sites (N-methyl/N-ethyl adjacent to an activating group) is 1. The molecule has 2 rings (SSSR count). The first kappa shape index (κ1) is 21.2. The van der Waals surface area contributed by atoms with Gasteiger partial charge in [0.2, 0.25) is 11.8 Å². The highest BCUT2D eigenvalue weighted by Gasteiger charge is 2.15. The summed E-state index contributed by atoms with van der Waals surface area (Å²) in [7, 11) is 1.57. The molecule has 0 saturated carbocycles. The lowest BCUT2D eigenvalue weighted by Crippen LogP contribution is -2.38. The summed E-state index contributed by atoms with van der Waals surface area (Å²) in [5.41, 5.74) is 1.27. The molecule has 0 unspecified atom stereocenters. The molecule has 0 bridgehead atoms. The first-order chi connectivity index (χ1) is 13.5. The van der Waals surface area contributed by atoms with E-state index >= 15 is 0 Å². The lowest BCUT2D eigenvalue weighted by atomic mass is 10.3. The molecule has 0 spiro atoms. The zero-order chi connectivity index (χ0) is 20.4. The third-order valence-corrected chi connectivity index (χ3v) is 4.00. The Balaban J connectivity index is 1.90. The van der Waals surface area contributed by atoms with E-state index < -0.39 is 0 Å². The van der Waals surface area contributed by atoms with Crippen LogP contribution in [0.4, 0.5) is 11.4 Å². The summed E-state index contributed by atoms with van der Waals surface area (Å²) < 4.78 is 10.7. The summed E-state index contributed by atoms with van der Waals surface area (Å²) in [6.07, 6.45) is 0. The number of rotatable bonds is 10. The third kappa shape index (κ3) is 6.59. The summed E-state index contributed by atoms with van der Waals surface area (Å²) in [5.74, 6) is 0.885. The van der Waals surface area contributed by atoms with Crippen molar-refractivity contribution in [3.05, 3.63) is 48.5 Å². The van der Waals surface area contributed by atoms with Gasteiger partial charge in [0, 0.05) is 11.8 Å². The average molecular weight is 385 g/mol. The predicted octanol–water partition coefficient (Wildman–Crippen LogP) is 2.99. The Bertz CT molecular complexity index is 795. The molecule has 2 N–H and O–H groups in total. The Morgan fingerprint density at radius 3 is 2.36 bits per heavy atom. The summed E-state index contributed by atoms with van der Waals surface area (Å²) in [4.78, 5) is 26.5. The molecule has 0 aliphatic heterocycles. The number of nitrogens with zero attached hydrogens (tertiary/aromatic N) is 1. The third-order valence-electron chi connectivity index (χ3n) is 4.00. The van der Waals surface area contributed by atoms with Crippen LogP contribution in [0.15, 0.2) is 48.5 Å². The molecule has 0 heterocycles. The van der Waals surface area contributed by atoms with Gasteiger partial charge in [0.15, 0.2) is 0 Å². The van der Waals surface area contributed by atoms with Crippen molar-refractivity contribution in [3.63, 3.8) is 0 Å². The van der Waals surface area contributed by atoms with Crippen molar-refractivity contribution in [3.8, 4) is 11.5 Å². The zero-order valence-corrected chi connectivity index (χ0v) is 16.5. The van der Waals surface area contributed by atoms with Crippen molar-refractivity contribution >= 4 is 23.2 Å². The van der Waals surface area contributed by atoms with Crippen molar-refractivity contribution in [2.45, 2.75) is 13.8 Å². The van der Waals surface area contributed by atoms with Gasteiger partial charge in [0.05, 0.1) is 32.5 Å². The molecule has 0 radical (unpaired) electrons. The topological polar surface area (TPSA) is 79.9 Å². The van der Waals surface area contributed by atoms with Crippen LogP contribution in [0.2, 0.25) is 0 Å². The van der Waals surface area contributed by atoms with Crippen molar-refractivity contribution in [2.24, 2.45) is 0 Å². The Labute approximate surface area is 165 Å². The van der Waals surface area contributed by atoms with Crippen LogP contribution in [0.25, 0.3) is 0 Å². The summed E-state index contributed by atoms with van der Waals surface area (Å²) in [6.45, 7) is 5.07. The number of nitrogens with one attached hydrogen (secondary N) is 2. The Hall–Kier alpha value is -3.06. The van der Waals surface area contributed by atoms with Gasteiger partial charge in [-0.3, -0.25) is 14.5 Å². The van der Waals surface area contributed by atoms with E-state index in [1.165, 1.54) is 0 Å². The minimum Gasteiger partial charge on any atom is -0.497 e. The number of anilines is 2. The minimum atomic E-state index is -0.205. The molecular weight excluding hydrogens is 358 g/mol. The van der Waals surface area contributed by atoms with Gasteiger partial charge in [-0.1, -0.05) is 25.1 Å². The van der Waals surface area contributed by atoms with Crippen LogP contribution in [-0.4, -0.2) is 50.1 Å². The van der Waals surface area contributed by atoms with E-state index in [2.05, 4.69) is 10.6 Å². The van der Waals surface area contributed by atoms with Gasteiger partial charge in [0.1, 0.15) is 11.5 Å². The van der Waals surface area contributed by atoms with E-state index in [-0.39, 0.29) is 24.9 Å². The summed E-state index contributed by atoms with van der Waals surface area (Å²) in [6, 6.07) is 14.4. The van der Waals surface area contributed by atoms with E-state index in [9.17, 15) is 9.59 Å². The molecule has 0 aliphatic rings. The largest absolute Gasteiger partial charge is 0.497 e. The summed E-state index contributed by atoms with van der Waals surface area (Å²) in [5, 5.41) is 5.66. The van der Waals surface area contributed by atoms with Crippen LogP contribution in [0.1, 0.15) is 13.8 Å². The highest BCUT2D eigenvalue weighted by molar-refractivity contribution is 5.95. The molecule has 2 amide bonds. The predicted molar refractivity (Wildman–Crippen MR) is 110 cm³/mol. The number of carbonyl (C=O) groups is 2. The zero-order valence-electron chi connectivity index (χ0n) is 16.5.